The molecule has 0 amide bonds. The maximum atomic E-state index is 12.8. The summed E-state index contributed by atoms with van der Waals surface area (Å²) in [5.41, 5.74) is 0.971. The minimum atomic E-state index is -0.279. The summed E-state index contributed by atoms with van der Waals surface area (Å²) in [5.74, 6) is -0.279. The Balaban J connectivity index is 3.21. The van der Waals surface area contributed by atoms with E-state index in [1.165, 1.54) is 6.07 Å². The fourth-order valence-corrected chi connectivity index (χ4v) is 2.00. The quantitative estimate of drug-likeness (QED) is 0.727. The predicted molar refractivity (Wildman–Crippen MR) is 50.5 cm³/mol. The Hall–Kier alpha value is 0.270. The van der Waals surface area contributed by atoms with Crippen molar-refractivity contribution in [2.45, 2.75) is 11.8 Å². The second-order valence-electron chi connectivity index (χ2n) is 2.11. The van der Waals surface area contributed by atoms with Gasteiger partial charge in [0.1, 0.15) is 5.82 Å². The van der Waals surface area contributed by atoms with E-state index in [1.807, 2.05) is 6.92 Å². The van der Waals surface area contributed by atoms with Crippen molar-refractivity contribution in [1.29, 1.82) is 0 Å². The molecule has 0 aliphatic rings. The molecular weight excluding hydrogens is 250 g/mol. The van der Waals surface area contributed by atoms with Gasteiger partial charge in [-0.3, -0.25) is 0 Å². The minimum absolute atomic E-state index is 0.279. The van der Waals surface area contributed by atoms with Gasteiger partial charge >= 0.3 is 0 Å². The van der Waals surface area contributed by atoms with Gasteiger partial charge in [-0.15, -0.1) is 0 Å². The normalized spacial score (nSPS) is 10.2. The van der Waals surface area contributed by atoms with E-state index in [2.05, 4.69) is 15.9 Å². The van der Waals surface area contributed by atoms with E-state index in [4.69, 9.17) is 10.7 Å². The highest BCUT2D eigenvalue weighted by atomic mass is 79.9. The Kier molecular flexibility index (Phi) is 3.22. The van der Waals surface area contributed by atoms with Crippen molar-refractivity contribution < 1.29 is 4.39 Å². The van der Waals surface area contributed by atoms with Crippen molar-refractivity contribution in [1.82, 2.24) is 0 Å². The summed E-state index contributed by atoms with van der Waals surface area (Å²) in [6.45, 7) is 1.88. The van der Waals surface area contributed by atoms with Crippen LogP contribution < -0.4 is 0 Å². The minimum Gasteiger partial charge on any atom is -0.206 e. The van der Waals surface area contributed by atoms with E-state index in [1.54, 1.807) is 6.07 Å². The van der Waals surface area contributed by atoms with Gasteiger partial charge in [0.05, 0.1) is 4.47 Å². The zero-order valence-electron chi connectivity index (χ0n) is 5.70. The van der Waals surface area contributed by atoms with Gasteiger partial charge in [-0.25, -0.2) is 4.39 Å². The largest absolute Gasteiger partial charge is 0.206 e. The van der Waals surface area contributed by atoms with Gasteiger partial charge in [0.2, 0.25) is 0 Å². The average Bonchev–Trinajstić information content (AvgIpc) is 1.97. The first-order chi connectivity index (χ1) is 5.15. The first-order valence-electron chi connectivity index (χ1n) is 2.89. The van der Waals surface area contributed by atoms with E-state index in [0.717, 1.165) is 21.4 Å². The van der Waals surface area contributed by atoms with Crippen molar-refractivity contribution in [3.63, 3.8) is 0 Å². The molecule has 0 fully saturated rings. The first-order valence-corrected chi connectivity index (χ1v) is 5.33. The van der Waals surface area contributed by atoms with Gasteiger partial charge in [-0.1, -0.05) is 0 Å². The Bertz CT molecular complexity index is 277. The van der Waals surface area contributed by atoms with Crippen LogP contribution in [0.4, 0.5) is 4.39 Å². The Morgan fingerprint density at radius 1 is 1.55 bits per heavy atom. The molecule has 0 heterocycles. The van der Waals surface area contributed by atoms with Crippen LogP contribution in [0.25, 0.3) is 0 Å². The number of hydrogen-bond donors (Lipinski definition) is 0. The lowest BCUT2D eigenvalue weighted by atomic mass is 10.2. The highest BCUT2D eigenvalue weighted by Gasteiger charge is 2.04. The third-order valence-electron chi connectivity index (χ3n) is 1.30. The Labute approximate surface area is 81.8 Å². The molecule has 1 aromatic carbocycles. The van der Waals surface area contributed by atoms with Crippen molar-refractivity contribution in [2.75, 3.05) is 0 Å². The molecule has 0 unspecified atom stereocenters. The first kappa shape index (κ1) is 9.36. The van der Waals surface area contributed by atoms with Crippen LogP contribution in [-0.2, 0) is 0 Å². The molecular formula is C7H5BrClFS. The number of benzene rings is 1. The summed E-state index contributed by atoms with van der Waals surface area (Å²) < 4.78 is 13.3. The number of rotatable bonds is 1. The number of aryl methyl sites for hydroxylation is 1. The summed E-state index contributed by atoms with van der Waals surface area (Å²) in [4.78, 5) is 0.757. The number of hydrogen-bond acceptors (Lipinski definition) is 1. The highest BCUT2D eigenvalue weighted by molar-refractivity contribution is 9.10. The van der Waals surface area contributed by atoms with Gasteiger partial charge < -0.3 is 0 Å². The molecule has 0 atom stereocenters. The fourth-order valence-electron chi connectivity index (χ4n) is 0.711. The second-order valence-corrected chi connectivity index (χ2v) is 4.02. The molecule has 1 rings (SSSR count). The maximum Gasteiger partial charge on any atom is 0.138 e. The Morgan fingerprint density at radius 2 is 2.18 bits per heavy atom. The summed E-state index contributed by atoms with van der Waals surface area (Å²) >= 11 is 3.08. The van der Waals surface area contributed by atoms with Crippen molar-refractivity contribution >= 4 is 37.6 Å². The zero-order chi connectivity index (χ0) is 8.43. The summed E-state index contributed by atoms with van der Waals surface area (Å²) in [6.07, 6.45) is 0. The Morgan fingerprint density at radius 3 is 2.73 bits per heavy atom. The lowest BCUT2D eigenvalue weighted by Gasteiger charge is -2.01. The second kappa shape index (κ2) is 3.78. The van der Waals surface area contributed by atoms with Crippen molar-refractivity contribution in [3.05, 3.63) is 28.0 Å². The van der Waals surface area contributed by atoms with E-state index in [9.17, 15) is 4.39 Å². The standard InChI is InChI=1S/C7H5BrClFS/c1-4-2-5(8)6(10)3-7(4)11-9/h2-3H,1H3. The van der Waals surface area contributed by atoms with E-state index >= 15 is 0 Å². The molecule has 0 N–H and O–H groups in total. The van der Waals surface area contributed by atoms with Gasteiger partial charge in [0.25, 0.3) is 0 Å². The monoisotopic (exact) mass is 254 g/mol. The van der Waals surface area contributed by atoms with Gasteiger partial charge in [0.15, 0.2) is 0 Å². The van der Waals surface area contributed by atoms with Gasteiger partial charge in [-0.05, 0) is 62.2 Å². The molecule has 0 saturated carbocycles. The molecule has 0 aliphatic carbocycles. The third kappa shape index (κ3) is 2.10. The van der Waals surface area contributed by atoms with Crippen LogP contribution >= 0.6 is 37.6 Å². The molecule has 0 saturated heterocycles. The van der Waals surface area contributed by atoms with E-state index in [0.29, 0.717) is 4.47 Å². The van der Waals surface area contributed by atoms with Crippen LogP contribution in [0, 0.1) is 12.7 Å². The zero-order valence-corrected chi connectivity index (χ0v) is 8.86. The summed E-state index contributed by atoms with van der Waals surface area (Å²) in [7, 11) is 6.52. The molecule has 0 aromatic heterocycles. The smallest absolute Gasteiger partial charge is 0.138 e. The maximum absolute atomic E-state index is 12.8. The molecule has 0 spiro atoms. The SMILES string of the molecule is Cc1cc(Br)c(F)cc1SCl. The van der Waals surface area contributed by atoms with Crippen molar-refractivity contribution in [2.24, 2.45) is 0 Å². The molecule has 0 nitrogen and oxygen atoms in total. The van der Waals surface area contributed by atoms with Crippen LogP contribution in [0.15, 0.2) is 21.5 Å². The van der Waals surface area contributed by atoms with Crippen LogP contribution in [-0.4, -0.2) is 0 Å². The van der Waals surface area contributed by atoms with Crippen LogP contribution in [0.1, 0.15) is 5.56 Å². The molecule has 0 aliphatic heterocycles. The fraction of sp³-hybridized carbons (Fsp3) is 0.143. The van der Waals surface area contributed by atoms with Crippen LogP contribution in [0.5, 0.6) is 0 Å². The lowest BCUT2D eigenvalue weighted by molar-refractivity contribution is 0.616. The number of halogens is 3. The lowest BCUT2D eigenvalue weighted by Crippen LogP contribution is -1.82. The van der Waals surface area contributed by atoms with E-state index < -0.39 is 0 Å². The van der Waals surface area contributed by atoms with E-state index in [-0.39, 0.29) is 5.82 Å². The summed E-state index contributed by atoms with van der Waals surface area (Å²) in [5, 5.41) is 0. The molecule has 1 aromatic rings. The van der Waals surface area contributed by atoms with Crippen molar-refractivity contribution in [3.8, 4) is 0 Å². The topological polar surface area (TPSA) is 0 Å². The molecule has 0 radical (unpaired) electrons. The molecule has 11 heavy (non-hydrogen) atoms. The van der Waals surface area contributed by atoms with Crippen LogP contribution in [0.2, 0.25) is 0 Å². The van der Waals surface area contributed by atoms with Gasteiger partial charge in [0, 0.05) is 4.90 Å². The molecule has 4 heteroatoms. The van der Waals surface area contributed by atoms with Crippen LogP contribution in [0.3, 0.4) is 0 Å². The molecule has 0 bridgehead atoms. The highest BCUT2D eigenvalue weighted by Crippen LogP contribution is 2.29. The summed E-state index contributed by atoms with van der Waals surface area (Å²) in [6, 6.07) is 3.12. The predicted octanol–water partition coefficient (Wildman–Crippen LogP) is 4.14. The average molecular weight is 256 g/mol. The third-order valence-corrected chi connectivity index (χ3v) is 3.01. The van der Waals surface area contributed by atoms with Gasteiger partial charge in [-0.2, -0.15) is 0 Å². The molecule has 60 valence electrons.